The van der Waals surface area contributed by atoms with Gasteiger partial charge in [0, 0.05) is 29.9 Å². The number of halogens is 3. The molecule has 4 heterocycles. The van der Waals surface area contributed by atoms with Gasteiger partial charge in [-0.25, -0.2) is 4.99 Å². The zero-order chi connectivity index (χ0) is 29.5. The molecule has 2 aromatic carbocycles. The summed E-state index contributed by atoms with van der Waals surface area (Å²) >= 11 is 0. The van der Waals surface area contributed by atoms with Crippen LogP contribution >= 0.6 is 0 Å². The van der Waals surface area contributed by atoms with E-state index in [4.69, 9.17) is 14.5 Å². The zero-order valence-corrected chi connectivity index (χ0v) is 22.8. The normalized spacial score (nSPS) is 25.2. The molecule has 2 saturated heterocycles. The number of benzene rings is 2. The number of aromatic nitrogens is 1. The highest BCUT2D eigenvalue weighted by Crippen LogP contribution is 2.38. The van der Waals surface area contributed by atoms with Crippen molar-refractivity contribution in [3.05, 3.63) is 89.2 Å². The van der Waals surface area contributed by atoms with Crippen molar-refractivity contribution in [2.75, 3.05) is 30.0 Å². The van der Waals surface area contributed by atoms with Gasteiger partial charge in [-0.1, -0.05) is 48.5 Å². The fourth-order valence-corrected chi connectivity index (χ4v) is 5.13. The lowest BCUT2D eigenvalue weighted by molar-refractivity contribution is -0.137. The van der Waals surface area contributed by atoms with E-state index in [1.165, 1.54) is 0 Å². The Bertz CT molecular complexity index is 1560. The number of para-hydroxylation sites is 1. The van der Waals surface area contributed by atoms with E-state index < -0.39 is 29.5 Å². The summed E-state index contributed by atoms with van der Waals surface area (Å²) in [7, 11) is 0. The minimum absolute atomic E-state index is 0.0672. The van der Waals surface area contributed by atoms with Crippen LogP contribution in [0.5, 0.6) is 0 Å². The quantitative estimate of drug-likeness (QED) is 0.431. The number of hydrogen-bond acceptors (Lipinski definition) is 8. The molecule has 0 bridgehead atoms. The molecule has 3 aliphatic heterocycles. The third-order valence-corrected chi connectivity index (χ3v) is 7.25. The zero-order valence-electron chi connectivity index (χ0n) is 22.8. The van der Waals surface area contributed by atoms with Crippen molar-refractivity contribution in [1.82, 2.24) is 15.8 Å². The molecular weight excluding hydrogens is 551 g/mol. The summed E-state index contributed by atoms with van der Waals surface area (Å²) in [6, 6.07) is 17.6. The van der Waals surface area contributed by atoms with E-state index in [0.717, 1.165) is 23.4 Å². The van der Waals surface area contributed by atoms with Crippen molar-refractivity contribution in [3.8, 4) is 0 Å². The minimum Gasteiger partial charge on any atom is -0.435 e. The van der Waals surface area contributed by atoms with Gasteiger partial charge < -0.3 is 19.7 Å². The van der Waals surface area contributed by atoms with Crippen LogP contribution in [0.4, 0.5) is 24.5 Å². The SMILES string of the molecule is C[C@@H]1COCCN1c1cc(C(F)(F)F)cnc1C1(C)NN/C(=N\[C@H]2N=C(c3ccccc3)c3ccccc3NC2=O)O1. The van der Waals surface area contributed by atoms with E-state index in [1.807, 2.05) is 60.4 Å². The first-order valence-electron chi connectivity index (χ1n) is 13.4. The molecule has 3 N–H and O–H groups in total. The number of pyridine rings is 1. The second-order valence-electron chi connectivity index (χ2n) is 10.3. The van der Waals surface area contributed by atoms with Crippen LogP contribution in [0.3, 0.4) is 0 Å². The molecule has 13 heteroatoms. The monoisotopic (exact) mass is 579 g/mol. The number of hydrazine groups is 1. The number of nitrogens with one attached hydrogen (secondary N) is 3. The highest BCUT2D eigenvalue weighted by molar-refractivity contribution is 6.19. The summed E-state index contributed by atoms with van der Waals surface area (Å²) in [5, 5.41) is 2.87. The molecule has 1 aromatic heterocycles. The largest absolute Gasteiger partial charge is 0.435 e. The number of anilines is 2. The Labute approximate surface area is 239 Å². The predicted octanol–water partition coefficient (Wildman–Crippen LogP) is 3.79. The van der Waals surface area contributed by atoms with Crippen LogP contribution in [0.25, 0.3) is 0 Å². The number of amides is 1. The van der Waals surface area contributed by atoms with Gasteiger partial charge in [-0.2, -0.15) is 23.6 Å². The first-order chi connectivity index (χ1) is 20.1. The van der Waals surface area contributed by atoms with E-state index >= 15 is 0 Å². The summed E-state index contributed by atoms with van der Waals surface area (Å²) in [5.74, 6) is -0.477. The van der Waals surface area contributed by atoms with Gasteiger partial charge in [0.05, 0.1) is 35.9 Å². The average Bonchev–Trinajstić information content (AvgIpc) is 3.30. The molecular formula is C29H28F3N7O3. The summed E-state index contributed by atoms with van der Waals surface area (Å²) in [5.41, 5.74) is 6.64. The lowest BCUT2D eigenvalue weighted by atomic mass is 10.0. The number of amidine groups is 1. The van der Waals surface area contributed by atoms with Crippen LogP contribution in [-0.2, 0) is 26.2 Å². The second kappa shape index (κ2) is 10.7. The molecule has 0 aliphatic carbocycles. The number of rotatable bonds is 4. The molecule has 1 amide bonds. The van der Waals surface area contributed by atoms with Gasteiger partial charge in [0.15, 0.2) is 0 Å². The van der Waals surface area contributed by atoms with E-state index in [1.54, 1.807) is 13.0 Å². The van der Waals surface area contributed by atoms with E-state index in [2.05, 4.69) is 26.1 Å². The Morgan fingerprint density at radius 2 is 1.88 bits per heavy atom. The molecule has 3 atom stereocenters. The van der Waals surface area contributed by atoms with Gasteiger partial charge in [-0.05, 0) is 26.0 Å². The summed E-state index contributed by atoms with van der Waals surface area (Å²) < 4.78 is 52.6. The number of benzodiazepines with no additional fused rings is 1. The van der Waals surface area contributed by atoms with Gasteiger partial charge in [0.1, 0.15) is 5.69 Å². The van der Waals surface area contributed by atoms with Crippen LogP contribution < -0.4 is 21.1 Å². The van der Waals surface area contributed by atoms with Gasteiger partial charge in [-0.3, -0.25) is 15.2 Å². The number of carbonyl (C=O) groups is 1. The Morgan fingerprint density at radius 1 is 1.12 bits per heavy atom. The fraction of sp³-hybridized carbons (Fsp3) is 0.310. The molecule has 218 valence electrons. The molecule has 1 unspecified atom stereocenters. The second-order valence-corrected chi connectivity index (χ2v) is 10.3. The third kappa shape index (κ3) is 5.28. The molecule has 0 saturated carbocycles. The van der Waals surface area contributed by atoms with Gasteiger partial charge in [0.25, 0.3) is 5.91 Å². The van der Waals surface area contributed by atoms with Crippen LogP contribution in [0.1, 0.15) is 36.2 Å². The van der Waals surface area contributed by atoms with Crippen LogP contribution in [0, 0.1) is 0 Å². The number of aliphatic imine (C=N–C) groups is 2. The van der Waals surface area contributed by atoms with Crippen molar-refractivity contribution in [2.45, 2.75) is 38.0 Å². The maximum atomic E-state index is 13.7. The third-order valence-electron chi connectivity index (χ3n) is 7.25. The molecule has 3 aliphatic rings. The number of carbonyl (C=O) groups excluding carboxylic acids is 1. The maximum absolute atomic E-state index is 13.7. The number of alkyl halides is 3. The predicted molar refractivity (Wildman–Crippen MR) is 150 cm³/mol. The smallest absolute Gasteiger partial charge is 0.417 e. The van der Waals surface area contributed by atoms with Crippen LogP contribution in [0.15, 0.2) is 76.8 Å². The first kappa shape index (κ1) is 27.7. The number of morpholine rings is 1. The fourth-order valence-electron chi connectivity index (χ4n) is 5.13. The Hall–Kier alpha value is -4.49. The van der Waals surface area contributed by atoms with Gasteiger partial charge >= 0.3 is 12.2 Å². The number of fused-ring (bicyclic) bond motifs is 1. The Morgan fingerprint density at radius 3 is 2.64 bits per heavy atom. The molecule has 6 rings (SSSR count). The lowest BCUT2D eigenvalue weighted by Crippen LogP contribution is -2.47. The molecule has 3 aromatic rings. The minimum atomic E-state index is -4.58. The Kier molecular flexibility index (Phi) is 7.07. The summed E-state index contributed by atoms with van der Waals surface area (Å²) in [6.45, 7) is 4.57. The molecule has 0 radical (unpaired) electrons. The number of hydrogen-bond donors (Lipinski definition) is 3. The van der Waals surface area contributed by atoms with Crippen LogP contribution in [0.2, 0.25) is 0 Å². The van der Waals surface area contributed by atoms with E-state index in [9.17, 15) is 18.0 Å². The summed E-state index contributed by atoms with van der Waals surface area (Å²) in [4.78, 5) is 28.4. The highest BCUT2D eigenvalue weighted by atomic mass is 19.4. The number of nitrogens with zero attached hydrogens (tertiary/aromatic N) is 4. The highest BCUT2D eigenvalue weighted by Gasteiger charge is 2.43. The molecule has 42 heavy (non-hydrogen) atoms. The average molecular weight is 580 g/mol. The van der Waals surface area contributed by atoms with Gasteiger partial charge in [-0.15, -0.1) is 0 Å². The van der Waals surface area contributed by atoms with Crippen molar-refractivity contribution in [2.24, 2.45) is 9.98 Å². The van der Waals surface area contributed by atoms with Crippen LogP contribution in [-0.4, -0.2) is 54.6 Å². The Balaban J connectivity index is 1.36. The van der Waals surface area contributed by atoms with E-state index in [0.29, 0.717) is 31.2 Å². The van der Waals surface area contributed by atoms with Crippen molar-refractivity contribution >= 4 is 29.0 Å². The maximum Gasteiger partial charge on any atom is 0.417 e. The molecule has 0 spiro atoms. The molecule has 10 nitrogen and oxygen atoms in total. The number of ether oxygens (including phenoxy) is 2. The van der Waals surface area contributed by atoms with Crippen molar-refractivity contribution < 1.29 is 27.4 Å². The summed E-state index contributed by atoms with van der Waals surface area (Å²) in [6.07, 6.45) is -5.02. The lowest BCUT2D eigenvalue weighted by Gasteiger charge is -2.38. The molecule has 2 fully saturated rings. The van der Waals surface area contributed by atoms with Gasteiger partial charge in [0.2, 0.25) is 11.9 Å². The first-order valence-corrected chi connectivity index (χ1v) is 13.4. The standard InChI is InChI=1S/C29H28F3N7O3/c1-17-16-41-13-12-39(17)22-14-19(29(30,31)32)15-33-24(22)28(2)38-37-27(42-28)36-25-26(40)34-21-11-7-6-10-20(21)23(35-25)18-8-4-3-5-9-18/h3-11,14-15,17,25,38H,12-13,16H2,1-2H3,(H,34,40)(H,36,37)/t17-,25-,28?/m1/s1. The van der Waals surface area contributed by atoms with E-state index in [-0.39, 0.29) is 23.4 Å². The van der Waals surface area contributed by atoms with Crippen molar-refractivity contribution in [1.29, 1.82) is 0 Å². The van der Waals surface area contributed by atoms with Crippen molar-refractivity contribution in [3.63, 3.8) is 0 Å². The topological polar surface area (TPSA) is 112 Å².